The van der Waals surface area contributed by atoms with Gasteiger partial charge in [-0.2, -0.15) is 0 Å². The van der Waals surface area contributed by atoms with E-state index in [2.05, 4.69) is 34.3 Å². The summed E-state index contributed by atoms with van der Waals surface area (Å²) in [5.41, 5.74) is 4.70. The molecule has 204 valence electrons. The Morgan fingerprint density at radius 3 is 2.45 bits per heavy atom. The highest BCUT2D eigenvalue weighted by atomic mass is 35.5. The minimum absolute atomic E-state index is 0. The van der Waals surface area contributed by atoms with Crippen LogP contribution in [0.2, 0.25) is 5.02 Å². The van der Waals surface area contributed by atoms with Crippen molar-refractivity contribution < 1.29 is 17.5 Å². The summed E-state index contributed by atoms with van der Waals surface area (Å²) in [6, 6.07) is 20.9. The highest BCUT2D eigenvalue weighted by Crippen LogP contribution is 2.53. The average molecular weight is 580 g/mol. The summed E-state index contributed by atoms with van der Waals surface area (Å²) in [5.74, 6) is 0.729. The number of ether oxygens (including phenoxy) is 1. The zero-order chi connectivity index (χ0) is 25.9. The monoisotopic (exact) mass is 578 g/mol. The molecular weight excluding hydrogens is 546 g/mol. The van der Waals surface area contributed by atoms with Gasteiger partial charge in [-0.1, -0.05) is 48.4 Å². The molecule has 3 aromatic rings. The maximum Gasteiger partial charge on any atom is 0.240 e. The van der Waals surface area contributed by atoms with E-state index in [9.17, 15) is 12.8 Å². The second-order valence-electron chi connectivity index (χ2n) is 9.84. The Labute approximate surface area is 235 Å². The fourth-order valence-electron chi connectivity index (χ4n) is 5.57. The number of fused-ring (bicyclic) bond motifs is 1. The molecule has 0 bridgehead atoms. The smallest absolute Gasteiger partial charge is 0.240 e. The van der Waals surface area contributed by atoms with E-state index >= 15 is 0 Å². The van der Waals surface area contributed by atoms with Gasteiger partial charge in [0.1, 0.15) is 12.4 Å². The molecule has 5 rings (SSSR count). The quantitative estimate of drug-likeness (QED) is 0.292. The van der Waals surface area contributed by atoms with E-state index < -0.39 is 16.7 Å². The van der Waals surface area contributed by atoms with Gasteiger partial charge in [0, 0.05) is 29.4 Å². The summed E-state index contributed by atoms with van der Waals surface area (Å²) >= 11 is 6.16. The fourth-order valence-corrected chi connectivity index (χ4v) is 6.71. The van der Waals surface area contributed by atoms with Gasteiger partial charge >= 0.3 is 0 Å². The lowest BCUT2D eigenvalue weighted by atomic mass is 9.58. The van der Waals surface area contributed by atoms with Crippen LogP contribution in [0.25, 0.3) is 0 Å². The highest BCUT2D eigenvalue weighted by Gasteiger charge is 2.47. The minimum Gasteiger partial charge on any atom is -0.492 e. The molecule has 1 unspecified atom stereocenters. The number of benzene rings is 3. The van der Waals surface area contributed by atoms with Crippen LogP contribution < -0.4 is 14.8 Å². The lowest BCUT2D eigenvalue weighted by Crippen LogP contribution is -2.49. The van der Waals surface area contributed by atoms with Crippen LogP contribution in [0.3, 0.4) is 0 Å². The average Bonchev–Trinajstić information content (AvgIpc) is 2.88. The van der Waals surface area contributed by atoms with Crippen LogP contribution >= 0.6 is 24.0 Å². The van der Waals surface area contributed by atoms with E-state index in [1.165, 1.54) is 35.2 Å². The Hall–Kier alpha value is -2.16. The lowest BCUT2D eigenvalue weighted by Gasteiger charge is -2.50. The predicted molar refractivity (Wildman–Crippen MR) is 152 cm³/mol. The van der Waals surface area contributed by atoms with E-state index in [0.717, 1.165) is 42.1 Å². The Balaban J connectivity index is 0.00000336. The van der Waals surface area contributed by atoms with Crippen LogP contribution in [0.1, 0.15) is 47.6 Å². The Bertz CT molecular complexity index is 1330. The topological polar surface area (TPSA) is 67.4 Å². The van der Waals surface area contributed by atoms with Crippen LogP contribution in [-0.2, 0) is 28.3 Å². The minimum atomic E-state index is -3.66. The maximum atomic E-state index is 12.6. The Morgan fingerprint density at radius 2 is 1.79 bits per heavy atom. The van der Waals surface area contributed by atoms with Gasteiger partial charge in [0.2, 0.25) is 10.0 Å². The van der Waals surface area contributed by atoms with Crippen molar-refractivity contribution in [3.05, 3.63) is 94.0 Å². The van der Waals surface area contributed by atoms with E-state index in [1.807, 2.05) is 18.2 Å². The lowest BCUT2D eigenvalue weighted by molar-refractivity contribution is 0.164. The summed E-state index contributed by atoms with van der Waals surface area (Å²) in [4.78, 5) is 0.158. The van der Waals surface area contributed by atoms with E-state index in [1.54, 1.807) is 12.1 Å². The first-order chi connectivity index (χ1) is 17.9. The first kappa shape index (κ1) is 28.8. The molecule has 38 heavy (non-hydrogen) atoms. The van der Waals surface area contributed by atoms with Crippen molar-refractivity contribution >= 4 is 34.0 Å². The molecule has 1 atom stereocenters. The molecule has 0 amide bonds. The van der Waals surface area contributed by atoms with Gasteiger partial charge in [-0.05, 0) is 84.5 Å². The van der Waals surface area contributed by atoms with Gasteiger partial charge in [0.05, 0.1) is 11.6 Å². The van der Waals surface area contributed by atoms with E-state index in [-0.39, 0.29) is 48.3 Å². The first-order valence-corrected chi connectivity index (χ1v) is 14.7. The number of rotatable bonds is 10. The highest BCUT2D eigenvalue weighted by molar-refractivity contribution is 7.89. The molecule has 9 heteroatoms. The van der Waals surface area contributed by atoms with Crippen molar-refractivity contribution in [3.8, 4) is 5.75 Å². The number of sulfonamides is 1. The fraction of sp³-hybridized carbons (Fsp3) is 0.379. The molecule has 1 heterocycles. The molecule has 3 aromatic carbocycles. The van der Waals surface area contributed by atoms with Crippen molar-refractivity contribution in [2.45, 2.75) is 48.5 Å². The van der Waals surface area contributed by atoms with Gasteiger partial charge in [-0.15, -0.1) is 12.4 Å². The Kier molecular flexibility index (Phi) is 9.37. The maximum absolute atomic E-state index is 12.6. The number of alkyl halides is 1. The summed E-state index contributed by atoms with van der Waals surface area (Å²) in [5, 5.41) is 4.52. The van der Waals surface area contributed by atoms with Crippen molar-refractivity contribution in [3.63, 3.8) is 0 Å². The summed E-state index contributed by atoms with van der Waals surface area (Å²) in [7, 11) is -3.66. The second-order valence-corrected chi connectivity index (χ2v) is 12.0. The molecule has 0 radical (unpaired) electrons. The Morgan fingerprint density at radius 1 is 1.05 bits per heavy atom. The molecule has 5 nitrogen and oxygen atoms in total. The number of aryl methyl sites for hydroxylation is 1. The first-order valence-electron chi connectivity index (χ1n) is 12.8. The zero-order valence-corrected chi connectivity index (χ0v) is 23.5. The van der Waals surface area contributed by atoms with E-state index in [0.29, 0.717) is 0 Å². The third kappa shape index (κ3) is 6.02. The molecule has 2 aliphatic rings. The van der Waals surface area contributed by atoms with Crippen molar-refractivity contribution in [2.24, 2.45) is 0 Å². The van der Waals surface area contributed by atoms with Gasteiger partial charge in [-0.3, -0.25) is 4.39 Å². The number of hydrogen-bond acceptors (Lipinski definition) is 4. The molecule has 2 N–H and O–H groups in total. The van der Waals surface area contributed by atoms with Crippen molar-refractivity contribution in [1.82, 2.24) is 10.0 Å². The zero-order valence-electron chi connectivity index (χ0n) is 21.1. The molecule has 0 spiro atoms. The third-order valence-electron chi connectivity index (χ3n) is 7.67. The van der Waals surface area contributed by atoms with Crippen LogP contribution in [0, 0.1) is 0 Å². The largest absolute Gasteiger partial charge is 0.492 e. The summed E-state index contributed by atoms with van der Waals surface area (Å²) in [6.07, 6.45) is 4.68. The molecule has 1 fully saturated rings. The molecule has 1 aliphatic heterocycles. The summed E-state index contributed by atoms with van der Waals surface area (Å²) < 4.78 is 46.2. The molecule has 1 saturated carbocycles. The van der Waals surface area contributed by atoms with Crippen LogP contribution in [-0.4, -0.2) is 34.8 Å². The molecule has 1 aliphatic carbocycles. The van der Waals surface area contributed by atoms with Crippen LogP contribution in [0.5, 0.6) is 5.75 Å². The standard InChI is InChI=1S/C29H32ClFN2O3S.ClH/c30-24-7-5-23(6-8-24)29(14-1-15-29)28-27-20-25(9-4-22(27)13-17-32-28)36-19-18-33-37(34,35)26-10-2-21(3-11-26)12-16-31;/h2-11,20,28,32-33H,1,12-19H2;1H. The van der Waals surface area contributed by atoms with Crippen molar-refractivity contribution in [1.29, 1.82) is 0 Å². The van der Waals surface area contributed by atoms with Gasteiger partial charge in [0.15, 0.2) is 0 Å². The van der Waals surface area contributed by atoms with Gasteiger partial charge < -0.3 is 10.1 Å². The summed E-state index contributed by atoms with van der Waals surface area (Å²) in [6.45, 7) is 0.813. The van der Waals surface area contributed by atoms with E-state index in [4.69, 9.17) is 16.3 Å². The van der Waals surface area contributed by atoms with Gasteiger partial charge in [0.25, 0.3) is 0 Å². The number of halogens is 3. The molecule has 0 saturated heterocycles. The predicted octanol–water partition coefficient (Wildman–Crippen LogP) is 5.94. The van der Waals surface area contributed by atoms with Crippen LogP contribution in [0.4, 0.5) is 4.39 Å². The SMILES string of the molecule is Cl.O=S(=O)(NCCOc1ccc2c(c1)C(C1(c3ccc(Cl)cc3)CCC1)NCC2)c1ccc(CCF)cc1. The molecular formula is C29H33Cl2FN2O3S. The normalized spacial score (nSPS) is 18.1. The van der Waals surface area contributed by atoms with Crippen molar-refractivity contribution in [2.75, 3.05) is 26.4 Å². The van der Waals surface area contributed by atoms with Gasteiger partial charge in [-0.25, -0.2) is 13.1 Å². The second kappa shape index (κ2) is 12.3. The number of hydrogen-bond donors (Lipinski definition) is 2. The van der Waals surface area contributed by atoms with Crippen LogP contribution in [0.15, 0.2) is 71.6 Å². The number of nitrogens with one attached hydrogen (secondary N) is 2. The molecule has 0 aromatic heterocycles. The third-order valence-corrected chi connectivity index (χ3v) is 9.40.